The molecule has 4 rings (SSSR count). The summed E-state index contributed by atoms with van der Waals surface area (Å²) in [7, 11) is 0. The predicted molar refractivity (Wildman–Crippen MR) is 133 cm³/mol. The number of rotatable bonds is 9. The van der Waals surface area contributed by atoms with E-state index in [0.717, 1.165) is 24.0 Å². The molecule has 186 valence electrons. The van der Waals surface area contributed by atoms with E-state index in [1.165, 1.54) is 11.1 Å². The number of alkyl carbamates (subject to hydrolysis) is 1. The molecule has 0 aliphatic heterocycles. The van der Waals surface area contributed by atoms with Crippen molar-refractivity contribution in [1.82, 2.24) is 10.6 Å². The second kappa shape index (κ2) is 10.5. The molecule has 2 aliphatic rings. The van der Waals surface area contributed by atoms with Crippen molar-refractivity contribution in [3.63, 3.8) is 0 Å². The van der Waals surface area contributed by atoms with Crippen LogP contribution in [0.5, 0.6) is 0 Å². The van der Waals surface area contributed by atoms with Crippen molar-refractivity contribution in [1.29, 1.82) is 0 Å². The first kappa shape index (κ1) is 24.8. The summed E-state index contributed by atoms with van der Waals surface area (Å²) in [4.78, 5) is 37.3. The van der Waals surface area contributed by atoms with Crippen LogP contribution in [-0.4, -0.2) is 41.8 Å². The Morgan fingerprint density at radius 2 is 1.57 bits per heavy atom. The molecular formula is C28H34N2O5. The zero-order valence-electron chi connectivity index (χ0n) is 20.4. The highest BCUT2D eigenvalue weighted by molar-refractivity contribution is 5.88. The predicted octanol–water partition coefficient (Wildman–Crippen LogP) is 4.70. The van der Waals surface area contributed by atoms with Gasteiger partial charge in [0, 0.05) is 18.4 Å². The third-order valence-electron chi connectivity index (χ3n) is 7.83. The number of hydrogen-bond donors (Lipinski definition) is 3. The normalized spacial score (nSPS) is 19.0. The van der Waals surface area contributed by atoms with Gasteiger partial charge in [0.25, 0.3) is 0 Å². The summed E-state index contributed by atoms with van der Waals surface area (Å²) in [6.07, 6.45) is 2.50. The van der Waals surface area contributed by atoms with Crippen molar-refractivity contribution in [2.75, 3.05) is 13.2 Å². The first-order valence-corrected chi connectivity index (χ1v) is 12.5. The van der Waals surface area contributed by atoms with Crippen LogP contribution in [0.1, 0.15) is 63.0 Å². The van der Waals surface area contributed by atoms with E-state index in [1.54, 1.807) is 13.8 Å². The number of hydrogen-bond acceptors (Lipinski definition) is 4. The number of carbonyl (C=O) groups excluding carboxylic acids is 2. The minimum Gasteiger partial charge on any atom is -0.480 e. The average Bonchev–Trinajstić information content (AvgIpc) is 3.47. The van der Waals surface area contributed by atoms with Crippen LogP contribution >= 0.6 is 0 Å². The molecule has 2 unspecified atom stereocenters. The third kappa shape index (κ3) is 4.90. The van der Waals surface area contributed by atoms with Crippen molar-refractivity contribution in [2.24, 2.45) is 11.8 Å². The fourth-order valence-corrected chi connectivity index (χ4v) is 5.60. The van der Waals surface area contributed by atoms with Gasteiger partial charge in [0.1, 0.15) is 12.1 Å². The van der Waals surface area contributed by atoms with Gasteiger partial charge in [0.2, 0.25) is 5.91 Å². The molecular weight excluding hydrogens is 444 g/mol. The second-order valence-corrected chi connectivity index (χ2v) is 9.59. The van der Waals surface area contributed by atoms with Gasteiger partial charge in [-0.15, -0.1) is 0 Å². The van der Waals surface area contributed by atoms with Gasteiger partial charge in [-0.25, -0.2) is 9.59 Å². The largest absolute Gasteiger partial charge is 0.480 e. The lowest BCUT2D eigenvalue weighted by Gasteiger charge is -2.30. The van der Waals surface area contributed by atoms with Crippen LogP contribution in [0, 0.1) is 11.8 Å². The molecule has 0 spiro atoms. The Morgan fingerprint density at radius 3 is 2.14 bits per heavy atom. The minimum absolute atomic E-state index is 0.00890. The average molecular weight is 479 g/mol. The highest BCUT2D eigenvalue weighted by Crippen LogP contribution is 2.44. The van der Waals surface area contributed by atoms with Crippen LogP contribution in [0.25, 0.3) is 11.1 Å². The molecule has 2 amide bonds. The molecule has 0 aromatic heterocycles. The molecule has 0 heterocycles. The third-order valence-corrected chi connectivity index (χ3v) is 7.83. The number of carboxylic acid groups (broad SMARTS) is 1. The number of ether oxygens (including phenoxy) is 1. The number of aliphatic carboxylic acids is 1. The van der Waals surface area contributed by atoms with E-state index in [2.05, 4.69) is 34.9 Å². The molecule has 2 aromatic carbocycles. The lowest BCUT2D eigenvalue weighted by molar-refractivity contribution is -0.149. The summed E-state index contributed by atoms with van der Waals surface area (Å²) in [5.74, 6) is -1.63. The van der Waals surface area contributed by atoms with Crippen LogP contribution in [0.3, 0.4) is 0 Å². The van der Waals surface area contributed by atoms with Crippen molar-refractivity contribution in [3.05, 3.63) is 59.7 Å². The van der Waals surface area contributed by atoms with Gasteiger partial charge in [-0.1, -0.05) is 68.8 Å². The van der Waals surface area contributed by atoms with E-state index >= 15 is 0 Å². The molecule has 3 N–H and O–H groups in total. The summed E-state index contributed by atoms with van der Waals surface area (Å²) in [6, 6.07) is 16.4. The Bertz CT molecular complexity index is 1050. The minimum atomic E-state index is -1.25. The Kier molecular flexibility index (Phi) is 7.43. The summed E-state index contributed by atoms with van der Waals surface area (Å²) in [5, 5.41) is 15.3. The van der Waals surface area contributed by atoms with E-state index < -0.39 is 17.6 Å². The monoisotopic (exact) mass is 478 g/mol. The summed E-state index contributed by atoms with van der Waals surface area (Å²) in [5.41, 5.74) is 3.41. The van der Waals surface area contributed by atoms with Gasteiger partial charge in [0.15, 0.2) is 0 Å². The summed E-state index contributed by atoms with van der Waals surface area (Å²) >= 11 is 0. The van der Waals surface area contributed by atoms with E-state index in [-0.39, 0.29) is 30.3 Å². The number of amides is 2. The van der Waals surface area contributed by atoms with E-state index in [9.17, 15) is 19.5 Å². The number of fused-ring (bicyclic) bond motifs is 3. The molecule has 1 fully saturated rings. The second-order valence-electron chi connectivity index (χ2n) is 9.59. The Labute approximate surface area is 206 Å². The molecule has 7 nitrogen and oxygen atoms in total. The quantitative estimate of drug-likeness (QED) is 0.485. The smallest absolute Gasteiger partial charge is 0.407 e. The van der Waals surface area contributed by atoms with Gasteiger partial charge < -0.3 is 20.5 Å². The van der Waals surface area contributed by atoms with Crippen LogP contribution in [-0.2, 0) is 14.3 Å². The number of benzene rings is 2. The van der Waals surface area contributed by atoms with Gasteiger partial charge in [0.05, 0.1) is 0 Å². The summed E-state index contributed by atoms with van der Waals surface area (Å²) < 4.78 is 5.61. The Hall–Kier alpha value is -3.35. The van der Waals surface area contributed by atoms with Gasteiger partial charge in [-0.3, -0.25) is 4.79 Å². The number of carboxylic acids is 1. The fourth-order valence-electron chi connectivity index (χ4n) is 5.60. The first-order chi connectivity index (χ1) is 16.9. The van der Waals surface area contributed by atoms with Crippen molar-refractivity contribution < 1.29 is 24.2 Å². The standard InChI is InChI=1S/C28H34N2O5/c1-3-28(4-2,26(32)33)30-25(31)19-15-9-10-18(19)16-29-27(34)35-17-24-22-13-7-5-11-20(22)21-12-6-8-14-23(21)24/h5-8,11-14,18-19,24H,3-4,9-10,15-17H2,1-2H3,(H,29,34)(H,30,31)(H,32,33). The van der Waals surface area contributed by atoms with Crippen LogP contribution in [0.15, 0.2) is 48.5 Å². The molecule has 7 heteroatoms. The molecule has 0 saturated heterocycles. The van der Waals surface area contributed by atoms with Crippen molar-refractivity contribution >= 4 is 18.0 Å². The lowest BCUT2D eigenvalue weighted by atomic mass is 9.89. The van der Waals surface area contributed by atoms with E-state index in [1.807, 2.05) is 24.3 Å². The maximum absolute atomic E-state index is 13.0. The van der Waals surface area contributed by atoms with Crippen LogP contribution in [0.2, 0.25) is 0 Å². The van der Waals surface area contributed by atoms with Crippen LogP contribution in [0.4, 0.5) is 4.79 Å². The molecule has 0 bridgehead atoms. The van der Waals surface area contributed by atoms with Gasteiger partial charge >= 0.3 is 12.1 Å². The highest BCUT2D eigenvalue weighted by atomic mass is 16.5. The van der Waals surface area contributed by atoms with E-state index in [0.29, 0.717) is 25.8 Å². The lowest BCUT2D eigenvalue weighted by Crippen LogP contribution is -2.55. The molecule has 2 aliphatic carbocycles. The molecule has 2 atom stereocenters. The van der Waals surface area contributed by atoms with E-state index in [4.69, 9.17) is 4.74 Å². The molecule has 35 heavy (non-hydrogen) atoms. The first-order valence-electron chi connectivity index (χ1n) is 12.5. The SMILES string of the molecule is CCC(CC)(NC(=O)C1CCCC1CNC(=O)OCC1c2ccccc2-c2ccccc21)C(=O)O. The molecule has 2 aromatic rings. The maximum atomic E-state index is 13.0. The Morgan fingerprint density at radius 1 is 0.971 bits per heavy atom. The number of nitrogens with one attached hydrogen (secondary N) is 2. The summed E-state index contributed by atoms with van der Waals surface area (Å²) in [6.45, 7) is 4.10. The van der Waals surface area contributed by atoms with Gasteiger partial charge in [-0.05, 0) is 53.9 Å². The highest BCUT2D eigenvalue weighted by Gasteiger charge is 2.41. The van der Waals surface area contributed by atoms with Crippen LogP contribution < -0.4 is 10.6 Å². The zero-order chi connectivity index (χ0) is 25.0. The van der Waals surface area contributed by atoms with Gasteiger partial charge in [-0.2, -0.15) is 0 Å². The molecule has 0 radical (unpaired) electrons. The number of carbonyl (C=O) groups is 3. The maximum Gasteiger partial charge on any atom is 0.407 e. The zero-order valence-corrected chi connectivity index (χ0v) is 20.4. The molecule has 1 saturated carbocycles. The topological polar surface area (TPSA) is 105 Å². The fraction of sp³-hybridized carbons (Fsp3) is 0.464. The Balaban J connectivity index is 1.33. The van der Waals surface area contributed by atoms with Crippen molar-refractivity contribution in [2.45, 2.75) is 57.4 Å². The van der Waals surface area contributed by atoms with Crippen molar-refractivity contribution in [3.8, 4) is 11.1 Å².